The number of carboxylic acids is 1. The number of ether oxygens (including phenoxy) is 1. The second kappa shape index (κ2) is 7.84. The van der Waals surface area contributed by atoms with Gasteiger partial charge < -0.3 is 15.2 Å². The van der Waals surface area contributed by atoms with Crippen LogP contribution in [0.4, 0.5) is 4.79 Å². The van der Waals surface area contributed by atoms with Crippen molar-refractivity contribution in [3.63, 3.8) is 0 Å². The summed E-state index contributed by atoms with van der Waals surface area (Å²) in [7, 11) is 0. The number of rotatable bonds is 5. The Balaban J connectivity index is 1.75. The number of carbonyl (C=O) groups is 2. The number of amides is 1. The summed E-state index contributed by atoms with van der Waals surface area (Å²) in [6.07, 6.45) is 2.50. The van der Waals surface area contributed by atoms with Gasteiger partial charge in [-0.2, -0.15) is 10.4 Å². The van der Waals surface area contributed by atoms with Crippen molar-refractivity contribution in [3.8, 4) is 17.3 Å². The van der Waals surface area contributed by atoms with Crippen molar-refractivity contribution in [2.45, 2.75) is 38.8 Å². The molecule has 3 heterocycles. The van der Waals surface area contributed by atoms with Crippen LogP contribution in [0.25, 0.3) is 16.9 Å². The van der Waals surface area contributed by atoms with Gasteiger partial charge in [0.15, 0.2) is 11.3 Å². The number of alkyl carbamates (subject to hydrolysis) is 1. The number of carboxylic acid groups (broad SMARTS) is 1. The number of hydrogen-bond acceptors (Lipinski definition) is 8. The average molecular weight is 414 g/mol. The van der Waals surface area contributed by atoms with Gasteiger partial charge in [0, 0.05) is 35.8 Å². The Morgan fingerprint density at radius 1 is 1.45 bits per heavy atom. The number of nitriles is 1. The van der Waals surface area contributed by atoms with E-state index in [-0.39, 0.29) is 12.1 Å². The number of thiazole rings is 1. The molecule has 29 heavy (non-hydrogen) atoms. The zero-order valence-electron chi connectivity index (χ0n) is 15.9. The minimum atomic E-state index is -1.18. The van der Waals surface area contributed by atoms with Crippen LogP contribution in [0, 0.1) is 11.3 Å². The quantitative estimate of drug-likeness (QED) is 0.647. The molecule has 150 valence electrons. The van der Waals surface area contributed by atoms with E-state index in [4.69, 9.17) is 10.00 Å². The molecule has 1 atom stereocenters. The molecule has 0 spiro atoms. The van der Waals surface area contributed by atoms with Crippen molar-refractivity contribution in [2.75, 3.05) is 0 Å². The van der Waals surface area contributed by atoms with E-state index in [0.717, 1.165) is 0 Å². The lowest BCUT2D eigenvalue weighted by atomic mass is 10.2. The van der Waals surface area contributed by atoms with Crippen LogP contribution >= 0.6 is 11.3 Å². The van der Waals surface area contributed by atoms with E-state index < -0.39 is 23.7 Å². The second-order valence-electron chi connectivity index (χ2n) is 7.15. The summed E-state index contributed by atoms with van der Waals surface area (Å²) in [5, 5.41) is 27.1. The van der Waals surface area contributed by atoms with Gasteiger partial charge >= 0.3 is 12.1 Å². The molecular weight excluding hydrogens is 396 g/mol. The van der Waals surface area contributed by atoms with Crippen LogP contribution in [0.1, 0.15) is 31.5 Å². The van der Waals surface area contributed by atoms with Crippen molar-refractivity contribution in [1.82, 2.24) is 24.9 Å². The Labute approximate surface area is 169 Å². The van der Waals surface area contributed by atoms with E-state index >= 15 is 0 Å². The number of nitrogens with one attached hydrogen (secondary N) is 1. The van der Waals surface area contributed by atoms with Crippen molar-refractivity contribution in [1.29, 1.82) is 5.26 Å². The highest BCUT2D eigenvalue weighted by Crippen LogP contribution is 2.22. The van der Waals surface area contributed by atoms with Crippen LogP contribution < -0.4 is 5.32 Å². The lowest BCUT2D eigenvalue weighted by Gasteiger charge is -2.21. The number of nitrogens with zero attached hydrogens (tertiary/aromatic N) is 5. The lowest BCUT2D eigenvalue weighted by molar-refractivity contribution is -0.139. The highest BCUT2D eigenvalue weighted by atomic mass is 32.1. The monoisotopic (exact) mass is 414 g/mol. The summed E-state index contributed by atoms with van der Waals surface area (Å²) in [6, 6.07) is 2.35. The van der Waals surface area contributed by atoms with E-state index in [1.54, 1.807) is 44.6 Å². The van der Waals surface area contributed by atoms with Gasteiger partial charge in [0.1, 0.15) is 17.7 Å². The predicted molar refractivity (Wildman–Crippen MR) is 103 cm³/mol. The lowest BCUT2D eigenvalue weighted by Crippen LogP contribution is -2.44. The van der Waals surface area contributed by atoms with E-state index in [9.17, 15) is 14.7 Å². The fourth-order valence-corrected chi connectivity index (χ4v) is 3.28. The fraction of sp³-hybridized carbons (Fsp3) is 0.333. The molecule has 0 bridgehead atoms. The molecule has 3 aromatic rings. The van der Waals surface area contributed by atoms with E-state index in [2.05, 4.69) is 20.4 Å². The first-order valence-corrected chi connectivity index (χ1v) is 9.45. The number of carbonyl (C=O) groups excluding carboxylic acids is 1. The third-order valence-corrected chi connectivity index (χ3v) is 4.51. The first kappa shape index (κ1) is 20.2. The first-order chi connectivity index (χ1) is 13.6. The van der Waals surface area contributed by atoms with Crippen molar-refractivity contribution in [2.24, 2.45) is 0 Å². The molecular formula is C18H18N6O4S. The highest BCUT2D eigenvalue weighted by Gasteiger charge is 2.25. The van der Waals surface area contributed by atoms with Gasteiger partial charge in [0.05, 0.1) is 10.7 Å². The number of aromatic nitrogens is 4. The maximum absolute atomic E-state index is 11.9. The zero-order valence-corrected chi connectivity index (χ0v) is 16.7. The number of aliphatic carboxylic acids is 1. The normalized spacial score (nSPS) is 12.3. The van der Waals surface area contributed by atoms with Crippen LogP contribution in [-0.2, 0) is 16.0 Å². The maximum atomic E-state index is 11.9. The number of hydrogen-bond donors (Lipinski definition) is 2. The summed E-state index contributed by atoms with van der Waals surface area (Å²) >= 11 is 1.27. The molecule has 0 saturated heterocycles. The Hall–Kier alpha value is -3.52. The van der Waals surface area contributed by atoms with Gasteiger partial charge in [-0.3, -0.25) is 0 Å². The third kappa shape index (κ3) is 5.05. The van der Waals surface area contributed by atoms with Gasteiger partial charge in [0.25, 0.3) is 0 Å². The molecule has 0 aliphatic carbocycles. The molecule has 0 aliphatic rings. The smallest absolute Gasteiger partial charge is 0.408 e. The molecule has 0 saturated carbocycles. The fourth-order valence-electron chi connectivity index (χ4n) is 2.43. The molecule has 10 nitrogen and oxygen atoms in total. The third-order valence-electron chi connectivity index (χ3n) is 3.64. The standard InChI is InChI=1S/C18H18N6O4S/c1-18(2,3)28-17(27)22-12(16(25)26)5-15-21-13(9-29-15)10-7-20-14-4-11(6-19)23-24(14)8-10/h4,7-9,12H,5H2,1-3H3,(H,22,27)(H,25,26)/t12-/m0/s1. The molecule has 3 rings (SSSR count). The summed E-state index contributed by atoms with van der Waals surface area (Å²) < 4.78 is 6.59. The van der Waals surface area contributed by atoms with E-state index in [1.807, 2.05) is 6.07 Å². The minimum absolute atomic E-state index is 0.00919. The van der Waals surface area contributed by atoms with Gasteiger partial charge in [0.2, 0.25) is 0 Å². The maximum Gasteiger partial charge on any atom is 0.408 e. The SMILES string of the molecule is CC(C)(C)OC(=O)N[C@@H](Cc1nc(-c2cnc3cc(C#N)nn3c2)cs1)C(=O)O. The van der Waals surface area contributed by atoms with E-state index in [0.29, 0.717) is 21.9 Å². The molecule has 1 amide bonds. The van der Waals surface area contributed by atoms with Crippen molar-refractivity contribution in [3.05, 3.63) is 34.5 Å². The molecule has 3 aromatic heterocycles. The molecule has 0 unspecified atom stereocenters. The summed E-state index contributed by atoms with van der Waals surface area (Å²) in [5.74, 6) is -1.18. The van der Waals surface area contributed by atoms with Crippen LogP contribution in [0.5, 0.6) is 0 Å². The Morgan fingerprint density at radius 2 is 2.21 bits per heavy atom. The topological polar surface area (TPSA) is 142 Å². The summed E-state index contributed by atoms with van der Waals surface area (Å²) in [4.78, 5) is 32.1. The second-order valence-corrected chi connectivity index (χ2v) is 8.10. The molecule has 0 radical (unpaired) electrons. The van der Waals surface area contributed by atoms with Crippen molar-refractivity contribution >= 4 is 29.0 Å². The first-order valence-electron chi connectivity index (χ1n) is 8.57. The van der Waals surface area contributed by atoms with E-state index in [1.165, 1.54) is 15.9 Å². The Bertz CT molecular complexity index is 1110. The van der Waals surface area contributed by atoms with Crippen LogP contribution in [0.15, 0.2) is 23.8 Å². The minimum Gasteiger partial charge on any atom is -0.480 e. The number of fused-ring (bicyclic) bond motifs is 1. The van der Waals surface area contributed by atoms with Crippen molar-refractivity contribution < 1.29 is 19.4 Å². The average Bonchev–Trinajstić information content (AvgIpc) is 3.25. The Morgan fingerprint density at radius 3 is 2.86 bits per heavy atom. The van der Waals surface area contributed by atoms with Gasteiger partial charge in [-0.1, -0.05) is 0 Å². The zero-order chi connectivity index (χ0) is 21.2. The van der Waals surface area contributed by atoms with Gasteiger partial charge in [-0.25, -0.2) is 24.1 Å². The van der Waals surface area contributed by atoms with Crippen LogP contribution in [0.3, 0.4) is 0 Å². The predicted octanol–water partition coefficient (Wildman–Crippen LogP) is 2.24. The summed E-state index contributed by atoms with van der Waals surface area (Å²) in [6.45, 7) is 5.08. The molecule has 11 heteroatoms. The van der Waals surface area contributed by atoms with Gasteiger partial charge in [-0.05, 0) is 20.8 Å². The largest absolute Gasteiger partial charge is 0.480 e. The molecule has 0 aromatic carbocycles. The van der Waals surface area contributed by atoms with Gasteiger partial charge in [-0.15, -0.1) is 11.3 Å². The Kier molecular flexibility index (Phi) is 5.47. The summed E-state index contributed by atoms with van der Waals surface area (Å²) in [5.41, 5.74) is 1.32. The molecule has 0 fully saturated rings. The van der Waals surface area contributed by atoms with Crippen LogP contribution in [-0.4, -0.2) is 48.4 Å². The van der Waals surface area contributed by atoms with Crippen LogP contribution in [0.2, 0.25) is 0 Å². The molecule has 0 aliphatic heterocycles. The highest BCUT2D eigenvalue weighted by molar-refractivity contribution is 7.10. The molecule has 2 N–H and O–H groups in total.